The maximum absolute atomic E-state index is 10.1. The summed E-state index contributed by atoms with van der Waals surface area (Å²) < 4.78 is 0. The number of hydrogen-bond acceptors (Lipinski definition) is 3. The van der Waals surface area contributed by atoms with Crippen LogP contribution in [0.1, 0.15) is 66.3 Å². The van der Waals surface area contributed by atoms with E-state index in [2.05, 4.69) is 17.9 Å². The van der Waals surface area contributed by atoms with Gasteiger partial charge in [0.05, 0.1) is 23.8 Å². The van der Waals surface area contributed by atoms with Crippen LogP contribution in [0.2, 0.25) is 5.02 Å². The Hall–Kier alpha value is -3.26. The molecule has 3 nitrogen and oxygen atoms in total. The van der Waals surface area contributed by atoms with E-state index >= 15 is 0 Å². The van der Waals surface area contributed by atoms with E-state index in [1.807, 2.05) is 56.3 Å². The number of benzene rings is 2. The zero-order chi connectivity index (χ0) is 24.1. The number of aliphatic hydroxyl groups excluding tert-OH is 2. The van der Waals surface area contributed by atoms with E-state index in [9.17, 15) is 10.2 Å². The summed E-state index contributed by atoms with van der Waals surface area (Å²) in [7, 11) is 0. The predicted molar refractivity (Wildman–Crippen MR) is 134 cm³/mol. The van der Waals surface area contributed by atoms with Gasteiger partial charge in [0.1, 0.15) is 0 Å². The van der Waals surface area contributed by atoms with E-state index in [0.717, 1.165) is 38.4 Å². The van der Waals surface area contributed by atoms with Crippen molar-refractivity contribution in [2.75, 3.05) is 0 Å². The van der Waals surface area contributed by atoms with Crippen molar-refractivity contribution in [3.05, 3.63) is 80.4 Å². The van der Waals surface area contributed by atoms with Crippen LogP contribution in [0.15, 0.2) is 47.5 Å². The molecule has 4 unspecified atom stereocenters. The van der Waals surface area contributed by atoms with Crippen LogP contribution >= 0.6 is 11.6 Å². The second-order valence-electron chi connectivity index (χ2n) is 8.35. The first-order valence-corrected chi connectivity index (χ1v) is 11.1. The first-order valence-electron chi connectivity index (χ1n) is 10.7. The Balaban J connectivity index is 0.000000186. The van der Waals surface area contributed by atoms with Crippen LogP contribution in [0.3, 0.4) is 0 Å². The first-order chi connectivity index (χ1) is 15.8. The van der Waals surface area contributed by atoms with Gasteiger partial charge < -0.3 is 10.2 Å². The molecule has 4 heteroatoms. The van der Waals surface area contributed by atoms with Crippen LogP contribution in [0.25, 0.3) is 12.2 Å². The predicted octanol–water partition coefficient (Wildman–Crippen LogP) is 5.67. The topological polar surface area (TPSA) is 64.2 Å². The molecule has 0 saturated heterocycles. The smallest absolute Gasteiger partial charge is 0.0998 e. The minimum absolute atomic E-state index is 0.00949. The van der Waals surface area contributed by atoms with Crippen molar-refractivity contribution in [1.82, 2.24) is 0 Å². The van der Waals surface area contributed by atoms with Gasteiger partial charge in [-0.3, -0.25) is 0 Å². The highest BCUT2D eigenvalue weighted by molar-refractivity contribution is 6.32. The SMILES string of the molecule is C#CCC(O)C1C(C)=Cc2c(C#N)cccc21.C#CCC(O)C1C(C)=Cc2c(Cl)cccc21. The molecule has 0 aromatic heterocycles. The molecule has 2 N–H and O–H groups in total. The number of hydrogen-bond donors (Lipinski definition) is 2. The number of terminal acetylenes is 2. The fourth-order valence-corrected chi connectivity index (χ4v) is 4.95. The molecule has 166 valence electrons. The molecule has 4 atom stereocenters. The summed E-state index contributed by atoms with van der Waals surface area (Å²) in [5, 5.41) is 29.9. The molecular formula is C29H26ClNO2. The molecule has 2 aliphatic rings. The van der Waals surface area contributed by atoms with Gasteiger partial charge in [-0.2, -0.15) is 5.26 Å². The summed E-state index contributed by atoms with van der Waals surface area (Å²) in [6, 6.07) is 13.5. The number of nitrogens with zero attached hydrogens (tertiary/aromatic N) is 1. The van der Waals surface area contributed by atoms with Crippen LogP contribution in [0.5, 0.6) is 0 Å². The van der Waals surface area contributed by atoms with Gasteiger partial charge in [0.2, 0.25) is 0 Å². The molecule has 2 aromatic carbocycles. The van der Waals surface area contributed by atoms with E-state index in [1.165, 1.54) is 0 Å². The average Bonchev–Trinajstić information content (AvgIpc) is 3.31. The largest absolute Gasteiger partial charge is 0.391 e. The molecular weight excluding hydrogens is 430 g/mol. The Morgan fingerprint density at radius 3 is 1.88 bits per heavy atom. The molecule has 0 aliphatic heterocycles. The molecule has 4 rings (SSSR count). The third-order valence-electron chi connectivity index (χ3n) is 6.17. The van der Waals surface area contributed by atoms with Crippen molar-refractivity contribution in [3.63, 3.8) is 0 Å². The van der Waals surface area contributed by atoms with E-state index in [-0.39, 0.29) is 11.8 Å². The average molecular weight is 456 g/mol. The minimum Gasteiger partial charge on any atom is -0.391 e. The second-order valence-corrected chi connectivity index (χ2v) is 8.75. The number of halogens is 1. The lowest BCUT2D eigenvalue weighted by Crippen LogP contribution is -2.17. The first kappa shape index (κ1) is 24.4. The molecule has 0 saturated carbocycles. The fraction of sp³-hybridized carbons (Fsp3) is 0.276. The van der Waals surface area contributed by atoms with Crippen molar-refractivity contribution >= 4 is 23.8 Å². The number of fused-ring (bicyclic) bond motifs is 2. The second kappa shape index (κ2) is 10.6. The van der Waals surface area contributed by atoms with E-state index in [1.54, 1.807) is 6.07 Å². The third kappa shape index (κ3) is 4.90. The van der Waals surface area contributed by atoms with Crippen molar-refractivity contribution in [1.29, 1.82) is 5.26 Å². The lowest BCUT2D eigenvalue weighted by molar-refractivity contribution is 0.161. The standard InChI is InChI=1S/C15H13NO.C14H13ClO/c1-3-5-14(17)15-10(2)8-13-11(9-16)6-4-7-12(13)15;1-3-5-13(16)14-9(2)8-11-10(14)6-4-7-12(11)15/h1,4,6-8,14-15,17H,5H2,2H3;1,4,6-8,13-14,16H,5H2,2H3. The summed E-state index contributed by atoms with van der Waals surface area (Å²) in [5.74, 6) is 4.90. The zero-order valence-electron chi connectivity index (χ0n) is 18.7. The van der Waals surface area contributed by atoms with Crippen molar-refractivity contribution in [2.24, 2.45) is 0 Å². The Morgan fingerprint density at radius 2 is 1.36 bits per heavy atom. The highest BCUT2D eigenvalue weighted by Gasteiger charge is 2.30. The van der Waals surface area contributed by atoms with E-state index in [4.69, 9.17) is 29.7 Å². The summed E-state index contributed by atoms with van der Waals surface area (Å²) in [6.45, 7) is 3.96. The molecule has 0 bridgehead atoms. The molecule has 2 aliphatic carbocycles. The molecule has 0 radical (unpaired) electrons. The molecule has 2 aromatic rings. The summed E-state index contributed by atoms with van der Waals surface area (Å²) in [6.07, 6.45) is 14.1. The Kier molecular flexibility index (Phi) is 7.81. The van der Waals surface area contributed by atoms with Gasteiger partial charge in [-0.1, -0.05) is 59.2 Å². The summed E-state index contributed by atoms with van der Waals surface area (Å²) in [4.78, 5) is 0. The molecule has 33 heavy (non-hydrogen) atoms. The van der Waals surface area contributed by atoms with Gasteiger partial charge in [-0.25, -0.2) is 0 Å². The van der Waals surface area contributed by atoms with Crippen molar-refractivity contribution in [2.45, 2.75) is 50.7 Å². The molecule has 0 fully saturated rings. The van der Waals surface area contributed by atoms with Crippen LogP contribution in [0, 0.1) is 36.0 Å². The van der Waals surface area contributed by atoms with Crippen LogP contribution in [0.4, 0.5) is 0 Å². The van der Waals surface area contributed by atoms with Gasteiger partial charge in [-0.05, 0) is 48.2 Å². The zero-order valence-corrected chi connectivity index (χ0v) is 19.5. The summed E-state index contributed by atoms with van der Waals surface area (Å²) in [5.41, 5.74) is 6.85. The Labute approximate surface area is 201 Å². The lowest BCUT2D eigenvalue weighted by atomic mass is 9.89. The van der Waals surface area contributed by atoms with Gasteiger partial charge >= 0.3 is 0 Å². The fourth-order valence-electron chi connectivity index (χ4n) is 4.71. The Bertz CT molecular complexity index is 1240. The van der Waals surface area contributed by atoms with Crippen molar-refractivity contribution in [3.8, 4) is 30.8 Å². The van der Waals surface area contributed by atoms with Crippen molar-refractivity contribution < 1.29 is 10.2 Å². The molecule has 0 spiro atoms. The highest BCUT2D eigenvalue weighted by atomic mass is 35.5. The maximum Gasteiger partial charge on any atom is 0.0998 e. The molecule has 0 amide bonds. The van der Waals surface area contributed by atoms with Crippen LogP contribution in [-0.4, -0.2) is 22.4 Å². The van der Waals surface area contributed by atoms with Crippen LogP contribution in [-0.2, 0) is 0 Å². The van der Waals surface area contributed by atoms with Gasteiger partial charge in [0.25, 0.3) is 0 Å². The third-order valence-corrected chi connectivity index (χ3v) is 6.50. The highest BCUT2D eigenvalue weighted by Crippen LogP contribution is 2.42. The monoisotopic (exact) mass is 455 g/mol. The maximum atomic E-state index is 10.1. The van der Waals surface area contributed by atoms with Gasteiger partial charge in [0.15, 0.2) is 0 Å². The number of aliphatic hydroxyl groups is 2. The molecule has 0 heterocycles. The normalized spacial score (nSPS) is 19.3. The minimum atomic E-state index is -0.577. The van der Waals surface area contributed by atoms with Gasteiger partial charge in [-0.15, -0.1) is 24.7 Å². The quantitative estimate of drug-likeness (QED) is 0.584. The number of nitriles is 1. The van der Waals surface area contributed by atoms with E-state index in [0.29, 0.717) is 18.4 Å². The Morgan fingerprint density at radius 1 is 0.879 bits per heavy atom. The van der Waals surface area contributed by atoms with Crippen LogP contribution < -0.4 is 0 Å². The summed E-state index contributed by atoms with van der Waals surface area (Å²) >= 11 is 6.12. The van der Waals surface area contributed by atoms with E-state index < -0.39 is 12.2 Å². The lowest BCUT2D eigenvalue weighted by Gasteiger charge is -2.19. The van der Waals surface area contributed by atoms with Gasteiger partial charge in [0, 0.05) is 29.7 Å². The number of rotatable bonds is 4.